The van der Waals surface area contributed by atoms with E-state index in [1.54, 1.807) is 4.68 Å². The second-order valence-electron chi connectivity index (χ2n) is 5.38. The zero-order valence-electron chi connectivity index (χ0n) is 12.3. The smallest absolute Gasteiger partial charge is 0.306 e. The number of aromatic amines is 2. The van der Waals surface area contributed by atoms with E-state index >= 15 is 0 Å². The number of fused-ring (bicyclic) bond motifs is 1. The van der Waals surface area contributed by atoms with E-state index in [4.69, 9.17) is 11.6 Å². The highest BCUT2D eigenvalue weighted by Gasteiger charge is 2.12. The van der Waals surface area contributed by atoms with Gasteiger partial charge in [-0.15, -0.1) is 0 Å². The fourth-order valence-electron chi connectivity index (χ4n) is 2.71. The zero-order chi connectivity index (χ0) is 16.0. The van der Waals surface area contributed by atoms with Crippen molar-refractivity contribution in [1.29, 1.82) is 0 Å². The summed E-state index contributed by atoms with van der Waals surface area (Å²) in [4.78, 5) is 16.9. The van der Waals surface area contributed by atoms with Crippen LogP contribution in [0.25, 0.3) is 33.4 Å². The highest BCUT2D eigenvalue weighted by Crippen LogP contribution is 2.36. The van der Waals surface area contributed by atoms with Gasteiger partial charge in [-0.3, -0.25) is 4.68 Å². The summed E-state index contributed by atoms with van der Waals surface area (Å²) in [6.45, 7) is 0. The number of aromatic nitrogens is 4. The molecule has 0 aliphatic carbocycles. The summed E-state index contributed by atoms with van der Waals surface area (Å²) in [5.41, 5.74) is 4.87. The van der Waals surface area contributed by atoms with E-state index < -0.39 is 0 Å². The van der Waals surface area contributed by atoms with Crippen molar-refractivity contribution < 1.29 is 0 Å². The van der Waals surface area contributed by atoms with E-state index in [0.29, 0.717) is 5.02 Å². The van der Waals surface area contributed by atoms with Crippen LogP contribution >= 0.6 is 11.6 Å². The predicted molar refractivity (Wildman–Crippen MR) is 91.6 cm³/mol. The maximum absolute atomic E-state index is 11.4. The van der Waals surface area contributed by atoms with Crippen LogP contribution in [-0.4, -0.2) is 19.7 Å². The lowest BCUT2D eigenvalue weighted by molar-refractivity contribution is 0.771. The maximum atomic E-state index is 11.4. The topological polar surface area (TPSA) is 66.5 Å². The van der Waals surface area contributed by atoms with Crippen molar-refractivity contribution in [2.24, 2.45) is 7.05 Å². The Labute approximate surface area is 136 Å². The third kappa shape index (κ3) is 2.35. The molecule has 0 saturated carbocycles. The largest absolute Gasteiger partial charge is 0.323 e. The highest BCUT2D eigenvalue weighted by molar-refractivity contribution is 6.36. The number of benzene rings is 2. The fraction of sp³-hybridized carbons (Fsp3) is 0.0588. The Balaban J connectivity index is 1.89. The van der Waals surface area contributed by atoms with Gasteiger partial charge in [-0.2, -0.15) is 5.10 Å². The lowest BCUT2D eigenvalue weighted by Gasteiger charge is -2.08. The number of imidazole rings is 1. The molecular weight excluding hydrogens is 312 g/mol. The average molecular weight is 325 g/mol. The summed E-state index contributed by atoms with van der Waals surface area (Å²) in [7, 11) is 1.87. The van der Waals surface area contributed by atoms with Gasteiger partial charge in [0.15, 0.2) is 0 Å². The van der Waals surface area contributed by atoms with Crippen LogP contribution in [0.3, 0.4) is 0 Å². The molecular formula is C17H13ClN4O. The van der Waals surface area contributed by atoms with Crippen LogP contribution in [0.5, 0.6) is 0 Å². The highest BCUT2D eigenvalue weighted by atomic mass is 35.5. The minimum atomic E-state index is -0.217. The first-order chi connectivity index (χ1) is 11.1. The molecule has 114 valence electrons. The van der Waals surface area contributed by atoms with E-state index in [1.807, 2.05) is 55.7 Å². The standard InChI is InChI=1S/C17H13ClN4O/c1-22-8-7-13(21-22)12-4-2-3-11(16(12)18)10-5-6-14-15(9-10)20-17(23)19-14/h2-9H,1H3,(H2,19,20,23). The molecule has 0 radical (unpaired) electrons. The van der Waals surface area contributed by atoms with Crippen LogP contribution < -0.4 is 5.69 Å². The number of hydrogen-bond donors (Lipinski definition) is 2. The Morgan fingerprint density at radius 3 is 2.61 bits per heavy atom. The Morgan fingerprint density at radius 1 is 1.04 bits per heavy atom. The molecule has 0 atom stereocenters. The number of H-pyrrole nitrogens is 2. The summed E-state index contributed by atoms with van der Waals surface area (Å²) in [5.74, 6) is 0. The quantitative estimate of drug-likeness (QED) is 0.592. The molecule has 0 aliphatic rings. The number of rotatable bonds is 2. The average Bonchev–Trinajstić information content (AvgIpc) is 3.11. The Hall–Kier alpha value is -2.79. The predicted octanol–water partition coefficient (Wildman–Crippen LogP) is 3.58. The van der Waals surface area contributed by atoms with Gasteiger partial charge in [-0.1, -0.05) is 35.9 Å². The van der Waals surface area contributed by atoms with Gasteiger partial charge in [0.25, 0.3) is 0 Å². The van der Waals surface area contributed by atoms with E-state index in [1.165, 1.54) is 0 Å². The fourth-order valence-corrected chi connectivity index (χ4v) is 3.04. The van der Waals surface area contributed by atoms with E-state index in [-0.39, 0.29) is 5.69 Å². The number of nitrogens with zero attached hydrogens (tertiary/aromatic N) is 2. The molecule has 0 amide bonds. The van der Waals surface area contributed by atoms with Gasteiger partial charge in [0, 0.05) is 24.4 Å². The van der Waals surface area contributed by atoms with Gasteiger partial charge in [0.05, 0.1) is 21.7 Å². The summed E-state index contributed by atoms with van der Waals surface area (Å²) < 4.78 is 1.74. The third-order valence-electron chi connectivity index (χ3n) is 3.82. The van der Waals surface area contributed by atoms with Crippen molar-refractivity contribution >= 4 is 22.6 Å². The Kier molecular flexibility index (Phi) is 3.09. The van der Waals surface area contributed by atoms with E-state index in [0.717, 1.165) is 33.4 Å². The minimum Gasteiger partial charge on any atom is -0.306 e. The normalized spacial score (nSPS) is 11.2. The maximum Gasteiger partial charge on any atom is 0.323 e. The second kappa shape index (κ2) is 5.14. The molecule has 2 aromatic heterocycles. The molecule has 23 heavy (non-hydrogen) atoms. The molecule has 5 nitrogen and oxygen atoms in total. The van der Waals surface area contributed by atoms with Gasteiger partial charge < -0.3 is 9.97 Å². The van der Waals surface area contributed by atoms with Gasteiger partial charge in [-0.25, -0.2) is 4.79 Å². The third-order valence-corrected chi connectivity index (χ3v) is 4.22. The zero-order valence-corrected chi connectivity index (χ0v) is 13.1. The summed E-state index contributed by atoms with van der Waals surface area (Å²) in [5, 5.41) is 5.05. The van der Waals surface area contributed by atoms with Gasteiger partial charge in [0.1, 0.15) is 0 Å². The molecule has 0 bridgehead atoms. The molecule has 2 N–H and O–H groups in total. The second-order valence-corrected chi connectivity index (χ2v) is 5.76. The van der Waals surface area contributed by atoms with Crippen molar-refractivity contribution in [3.63, 3.8) is 0 Å². The van der Waals surface area contributed by atoms with Crippen LogP contribution in [0, 0.1) is 0 Å². The number of nitrogens with one attached hydrogen (secondary N) is 2. The first kappa shape index (κ1) is 13.8. The van der Waals surface area contributed by atoms with Crippen molar-refractivity contribution in [2.45, 2.75) is 0 Å². The van der Waals surface area contributed by atoms with Crippen LogP contribution in [0.1, 0.15) is 0 Å². The number of hydrogen-bond acceptors (Lipinski definition) is 2. The van der Waals surface area contributed by atoms with Crippen molar-refractivity contribution in [2.75, 3.05) is 0 Å². The molecule has 0 aliphatic heterocycles. The Bertz CT molecular complexity index is 1070. The molecule has 6 heteroatoms. The monoisotopic (exact) mass is 324 g/mol. The van der Waals surface area contributed by atoms with Crippen molar-refractivity contribution in [3.05, 3.63) is 64.2 Å². The number of halogens is 1. The molecule has 0 saturated heterocycles. The summed E-state index contributed by atoms with van der Waals surface area (Å²) in [6.07, 6.45) is 1.88. The van der Waals surface area contributed by atoms with Gasteiger partial charge >= 0.3 is 5.69 Å². The SMILES string of the molecule is Cn1ccc(-c2cccc(-c3ccc4[nH]c(=O)[nH]c4c3)c2Cl)n1. The Morgan fingerprint density at radius 2 is 1.83 bits per heavy atom. The van der Waals surface area contributed by atoms with E-state index in [2.05, 4.69) is 15.1 Å². The molecule has 2 heterocycles. The molecule has 0 unspecified atom stereocenters. The van der Waals surface area contributed by atoms with Crippen molar-refractivity contribution in [1.82, 2.24) is 19.7 Å². The van der Waals surface area contributed by atoms with Crippen LogP contribution in [0.15, 0.2) is 53.5 Å². The minimum absolute atomic E-state index is 0.217. The first-order valence-corrected chi connectivity index (χ1v) is 7.50. The lowest BCUT2D eigenvalue weighted by Crippen LogP contribution is -1.99. The molecule has 0 spiro atoms. The van der Waals surface area contributed by atoms with Crippen molar-refractivity contribution in [3.8, 4) is 22.4 Å². The van der Waals surface area contributed by atoms with Gasteiger partial charge in [0.2, 0.25) is 0 Å². The number of aryl methyl sites for hydroxylation is 1. The molecule has 4 rings (SSSR count). The molecule has 0 fully saturated rings. The van der Waals surface area contributed by atoms with E-state index in [9.17, 15) is 4.79 Å². The van der Waals surface area contributed by atoms with Gasteiger partial charge in [-0.05, 0) is 23.8 Å². The molecule has 2 aromatic carbocycles. The van der Waals surface area contributed by atoms with Crippen LogP contribution in [0.4, 0.5) is 0 Å². The molecule has 4 aromatic rings. The first-order valence-electron chi connectivity index (χ1n) is 7.13. The van der Waals surface area contributed by atoms with Crippen LogP contribution in [-0.2, 0) is 7.05 Å². The summed E-state index contributed by atoms with van der Waals surface area (Å²) in [6, 6.07) is 13.5. The summed E-state index contributed by atoms with van der Waals surface area (Å²) >= 11 is 6.61. The van der Waals surface area contributed by atoms with Crippen LogP contribution in [0.2, 0.25) is 5.02 Å². The lowest BCUT2D eigenvalue weighted by atomic mass is 10.0.